The Bertz CT molecular complexity index is 1010. The topological polar surface area (TPSA) is 51.5 Å². The first-order chi connectivity index (χ1) is 12.0. The van der Waals surface area contributed by atoms with Gasteiger partial charge in [-0.1, -0.05) is 41.9 Å². The number of halogens is 1. The van der Waals surface area contributed by atoms with E-state index in [4.69, 9.17) is 16.3 Å². The first-order valence-corrected chi connectivity index (χ1v) is 8.03. The summed E-state index contributed by atoms with van der Waals surface area (Å²) in [6, 6.07) is 14.4. The fourth-order valence-electron chi connectivity index (χ4n) is 2.92. The van der Waals surface area contributed by atoms with E-state index in [1.165, 1.54) is 11.8 Å². The van der Waals surface area contributed by atoms with Gasteiger partial charge >= 0.3 is 5.97 Å². The summed E-state index contributed by atoms with van der Waals surface area (Å²) in [5.41, 5.74) is 1.26. The molecule has 128 valence electrons. The van der Waals surface area contributed by atoms with Crippen LogP contribution in [0.2, 0.25) is 5.02 Å². The zero-order valence-corrected chi connectivity index (χ0v) is 14.9. The number of hydrogen-bond donors (Lipinski definition) is 0. The van der Waals surface area contributed by atoms with Crippen LogP contribution in [-0.4, -0.2) is 31.9 Å². The Morgan fingerprint density at radius 2 is 1.76 bits per heavy atom. The first-order valence-electron chi connectivity index (χ1n) is 7.65. The largest absolute Gasteiger partial charge is 0.464 e. The normalized spacial score (nSPS) is 10.7. The third-order valence-electron chi connectivity index (χ3n) is 3.96. The van der Waals surface area contributed by atoms with E-state index in [0.717, 1.165) is 5.56 Å². The molecule has 0 aliphatic heterocycles. The van der Waals surface area contributed by atoms with Crippen LogP contribution in [0.25, 0.3) is 21.9 Å². The van der Waals surface area contributed by atoms with Gasteiger partial charge in [-0.15, -0.1) is 0 Å². The number of aromatic nitrogens is 1. The summed E-state index contributed by atoms with van der Waals surface area (Å²) in [5, 5.41) is 3.14. The smallest absolute Gasteiger partial charge is 0.357 e. The van der Waals surface area contributed by atoms with Gasteiger partial charge in [0.25, 0.3) is 5.56 Å². The monoisotopic (exact) mass is 356 g/mol. The van der Waals surface area contributed by atoms with Gasteiger partial charge < -0.3 is 9.75 Å². The van der Waals surface area contributed by atoms with Crippen molar-refractivity contribution in [3.63, 3.8) is 0 Å². The van der Waals surface area contributed by atoms with Crippen LogP contribution in [0, 0.1) is 0 Å². The lowest BCUT2D eigenvalue weighted by Gasteiger charge is -2.23. The lowest BCUT2D eigenvalue weighted by Crippen LogP contribution is -2.40. The van der Waals surface area contributed by atoms with Crippen LogP contribution in [0.1, 0.15) is 10.5 Å². The third-order valence-corrected chi connectivity index (χ3v) is 4.20. The highest BCUT2D eigenvalue weighted by molar-refractivity contribution is 6.31. The van der Waals surface area contributed by atoms with Crippen LogP contribution in [-0.2, 0) is 4.74 Å². The van der Waals surface area contributed by atoms with E-state index < -0.39 is 5.97 Å². The number of ether oxygens (including phenoxy) is 1. The van der Waals surface area contributed by atoms with Crippen molar-refractivity contribution in [2.75, 3.05) is 26.2 Å². The number of methoxy groups -OCH3 is 1. The third kappa shape index (κ3) is 2.87. The second-order valence-electron chi connectivity index (χ2n) is 5.74. The Kier molecular flexibility index (Phi) is 4.51. The van der Waals surface area contributed by atoms with Gasteiger partial charge in [0.2, 0.25) is 0 Å². The molecule has 0 unspecified atom stereocenters. The summed E-state index contributed by atoms with van der Waals surface area (Å²) >= 11 is 6.16. The van der Waals surface area contributed by atoms with Gasteiger partial charge in [-0.3, -0.25) is 4.79 Å². The zero-order valence-electron chi connectivity index (χ0n) is 14.1. The predicted octanol–water partition coefficient (Wildman–Crippen LogP) is 3.31. The van der Waals surface area contributed by atoms with E-state index in [2.05, 4.69) is 0 Å². The molecule has 0 N–H and O–H groups in total. The number of carbonyl (C=O) groups is 1. The van der Waals surface area contributed by atoms with Crippen molar-refractivity contribution in [2.24, 2.45) is 0 Å². The van der Waals surface area contributed by atoms with Crippen molar-refractivity contribution >= 4 is 28.3 Å². The molecule has 0 saturated heterocycles. The lowest BCUT2D eigenvalue weighted by molar-refractivity contribution is 0.0588. The number of benzene rings is 2. The number of hydrogen-bond acceptors (Lipinski definition) is 4. The number of fused-ring (bicyclic) bond motifs is 1. The van der Waals surface area contributed by atoms with Crippen molar-refractivity contribution in [2.45, 2.75) is 0 Å². The second-order valence-corrected chi connectivity index (χ2v) is 6.17. The Morgan fingerprint density at radius 1 is 1.08 bits per heavy atom. The Hall–Kier alpha value is -2.79. The Balaban J connectivity index is 2.61. The van der Waals surface area contributed by atoms with Crippen LogP contribution in [0.3, 0.4) is 0 Å². The highest BCUT2D eigenvalue weighted by Crippen LogP contribution is 2.32. The fourth-order valence-corrected chi connectivity index (χ4v) is 3.09. The van der Waals surface area contributed by atoms with Gasteiger partial charge in [0, 0.05) is 30.1 Å². The van der Waals surface area contributed by atoms with Crippen LogP contribution >= 0.6 is 11.6 Å². The van der Waals surface area contributed by atoms with E-state index in [1.807, 2.05) is 30.3 Å². The summed E-state index contributed by atoms with van der Waals surface area (Å²) in [6.45, 7) is 0. The van der Waals surface area contributed by atoms with Crippen molar-refractivity contribution in [1.82, 2.24) is 4.68 Å². The Morgan fingerprint density at radius 3 is 2.36 bits per heavy atom. The first kappa shape index (κ1) is 17.0. The highest BCUT2D eigenvalue weighted by atomic mass is 35.5. The minimum atomic E-state index is -0.591. The number of carbonyl (C=O) groups excluding carboxylic acids is 1. The highest BCUT2D eigenvalue weighted by Gasteiger charge is 2.25. The number of nitrogens with zero attached hydrogens (tertiary/aromatic N) is 2. The summed E-state index contributed by atoms with van der Waals surface area (Å²) in [4.78, 5) is 25.5. The average Bonchev–Trinajstić information content (AvgIpc) is 2.60. The maximum atomic E-state index is 13.0. The second kappa shape index (κ2) is 6.61. The molecule has 0 saturated carbocycles. The molecule has 2 aromatic carbocycles. The number of rotatable bonds is 3. The molecule has 0 atom stereocenters. The quantitative estimate of drug-likeness (QED) is 0.676. The Labute approximate surface area is 150 Å². The standard InChI is InChI=1S/C19H17ClN2O3/c1-21(2)22-17(19(24)25-3)16(12-7-5-4-6-8-12)15-11-13(20)9-10-14(15)18(22)23/h4-11H,1-3H3. The molecular weight excluding hydrogens is 340 g/mol. The lowest BCUT2D eigenvalue weighted by atomic mass is 9.97. The number of pyridine rings is 1. The minimum Gasteiger partial charge on any atom is -0.464 e. The maximum absolute atomic E-state index is 13.0. The molecule has 0 radical (unpaired) electrons. The molecular formula is C19H17ClN2O3. The molecule has 0 bridgehead atoms. The van der Waals surface area contributed by atoms with Gasteiger partial charge in [0.15, 0.2) is 5.69 Å². The summed E-state index contributed by atoms with van der Waals surface area (Å²) in [7, 11) is 4.69. The van der Waals surface area contributed by atoms with Crippen molar-refractivity contribution < 1.29 is 9.53 Å². The van der Waals surface area contributed by atoms with Gasteiger partial charge in [0.1, 0.15) is 0 Å². The summed E-state index contributed by atoms with van der Waals surface area (Å²) < 4.78 is 6.29. The van der Waals surface area contributed by atoms with Gasteiger partial charge in [-0.2, -0.15) is 0 Å². The molecule has 0 aliphatic rings. The summed E-state index contributed by atoms with van der Waals surface area (Å²) in [5.74, 6) is -0.591. The van der Waals surface area contributed by atoms with Gasteiger partial charge in [0.05, 0.1) is 7.11 Å². The van der Waals surface area contributed by atoms with Gasteiger partial charge in [-0.25, -0.2) is 9.47 Å². The average molecular weight is 357 g/mol. The molecule has 0 amide bonds. The van der Waals surface area contributed by atoms with Crippen LogP contribution in [0.5, 0.6) is 0 Å². The molecule has 0 aliphatic carbocycles. The predicted molar refractivity (Wildman–Crippen MR) is 100 cm³/mol. The van der Waals surface area contributed by atoms with Crippen LogP contribution < -0.4 is 10.6 Å². The molecule has 3 rings (SSSR count). The van der Waals surface area contributed by atoms with E-state index >= 15 is 0 Å². The molecule has 25 heavy (non-hydrogen) atoms. The van der Waals surface area contributed by atoms with E-state index in [9.17, 15) is 9.59 Å². The molecule has 5 nitrogen and oxygen atoms in total. The van der Waals surface area contributed by atoms with E-state index in [-0.39, 0.29) is 11.3 Å². The summed E-state index contributed by atoms with van der Waals surface area (Å²) in [6.07, 6.45) is 0. The maximum Gasteiger partial charge on any atom is 0.357 e. The van der Waals surface area contributed by atoms with Crippen LogP contribution in [0.4, 0.5) is 0 Å². The molecule has 1 heterocycles. The SMILES string of the molecule is COC(=O)c1c(-c2ccccc2)c2cc(Cl)ccc2c(=O)n1N(C)C. The minimum absolute atomic E-state index is 0.165. The van der Waals surface area contributed by atoms with E-state index in [0.29, 0.717) is 21.4 Å². The fraction of sp³-hybridized carbons (Fsp3) is 0.158. The molecule has 0 fully saturated rings. The molecule has 1 aromatic heterocycles. The van der Waals surface area contributed by atoms with Crippen molar-refractivity contribution in [3.8, 4) is 11.1 Å². The van der Waals surface area contributed by atoms with Crippen molar-refractivity contribution in [3.05, 3.63) is 69.6 Å². The molecule has 6 heteroatoms. The molecule has 3 aromatic rings. The van der Waals surface area contributed by atoms with Crippen LogP contribution in [0.15, 0.2) is 53.3 Å². The van der Waals surface area contributed by atoms with E-state index in [1.54, 1.807) is 37.3 Å². The van der Waals surface area contributed by atoms with Gasteiger partial charge in [-0.05, 0) is 29.1 Å². The molecule has 0 spiro atoms. The van der Waals surface area contributed by atoms with Crippen molar-refractivity contribution in [1.29, 1.82) is 0 Å². The zero-order chi connectivity index (χ0) is 18.1. The number of esters is 1.